The van der Waals surface area contributed by atoms with E-state index in [1.165, 1.54) is 24.5 Å². The maximum Gasteiger partial charge on any atom is 0.253 e. The van der Waals surface area contributed by atoms with Crippen LogP contribution in [0.1, 0.15) is 41.6 Å². The second-order valence-corrected chi connectivity index (χ2v) is 7.69. The molecular weight excluding hydrogens is 413 g/mol. The molecule has 0 radical (unpaired) electrons. The van der Waals surface area contributed by atoms with Crippen LogP contribution >= 0.6 is 0 Å². The Kier molecular flexibility index (Phi) is 6.14. The molecule has 3 aromatic rings. The number of aromatic nitrogens is 3. The van der Waals surface area contributed by atoms with Crippen molar-refractivity contribution in [1.29, 1.82) is 5.26 Å². The first kappa shape index (κ1) is 21.5. The molecule has 1 fully saturated rings. The Hall–Kier alpha value is -3.77. The molecule has 0 unspecified atom stereocenters. The molecule has 1 aromatic carbocycles. The molecule has 0 bridgehead atoms. The maximum atomic E-state index is 14.3. The lowest BCUT2D eigenvalue weighted by molar-refractivity contribution is 0.0599. The number of amides is 1. The number of halogens is 1. The number of methoxy groups -OCH3 is 1. The van der Waals surface area contributed by atoms with Crippen LogP contribution in [0.15, 0.2) is 42.7 Å². The molecule has 1 saturated carbocycles. The van der Waals surface area contributed by atoms with Gasteiger partial charge in [0.15, 0.2) is 5.82 Å². The molecule has 4 rings (SSSR count). The molecule has 32 heavy (non-hydrogen) atoms. The summed E-state index contributed by atoms with van der Waals surface area (Å²) in [6, 6.07) is 9.10. The van der Waals surface area contributed by atoms with Gasteiger partial charge in [-0.2, -0.15) is 15.0 Å². The van der Waals surface area contributed by atoms with Gasteiger partial charge in [-0.25, -0.2) is 9.37 Å². The van der Waals surface area contributed by atoms with Crippen molar-refractivity contribution < 1.29 is 19.0 Å². The van der Waals surface area contributed by atoms with Gasteiger partial charge in [-0.15, -0.1) is 0 Å². The van der Waals surface area contributed by atoms with Crippen molar-refractivity contribution in [3.63, 3.8) is 0 Å². The van der Waals surface area contributed by atoms with Crippen molar-refractivity contribution in [1.82, 2.24) is 20.1 Å². The number of aromatic hydroxyl groups is 1. The van der Waals surface area contributed by atoms with Crippen molar-refractivity contribution in [2.24, 2.45) is 0 Å². The fraction of sp³-hybridized carbons (Fsp3) is 0.304. The van der Waals surface area contributed by atoms with Crippen LogP contribution in [0.25, 0.3) is 16.9 Å². The van der Waals surface area contributed by atoms with E-state index >= 15 is 0 Å². The van der Waals surface area contributed by atoms with Gasteiger partial charge >= 0.3 is 0 Å². The number of hydrogen-bond donors (Lipinski definition) is 2. The minimum atomic E-state index is -0.640. The number of carbonyl (C=O) groups is 1. The van der Waals surface area contributed by atoms with Crippen LogP contribution in [0, 0.1) is 17.1 Å². The van der Waals surface area contributed by atoms with Crippen LogP contribution in [-0.2, 0) is 4.74 Å². The number of benzene rings is 1. The minimum absolute atomic E-state index is 0.105. The van der Waals surface area contributed by atoms with E-state index < -0.39 is 5.82 Å². The van der Waals surface area contributed by atoms with E-state index in [0.717, 1.165) is 36.4 Å². The number of pyridine rings is 1. The summed E-state index contributed by atoms with van der Waals surface area (Å²) in [5.74, 6) is -0.874. The molecule has 0 atom stereocenters. The predicted octanol–water partition coefficient (Wildman–Crippen LogP) is 3.34. The molecule has 0 spiro atoms. The normalized spacial score (nSPS) is 18.2. The zero-order valence-corrected chi connectivity index (χ0v) is 17.5. The highest BCUT2D eigenvalue weighted by molar-refractivity contribution is 5.94. The monoisotopic (exact) mass is 435 g/mol. The average Bonchev–Trinajstić information content (AvgIpc) is 3.20. The van der Waals surface area contributed by atoms with Gasteiger partial charge in [-0.05, 0) is 56.0 Å². The number of carbonyl (C=O) groups excluding carboxylic acids is 1. The molecule has 2 N–H and O–H groups in total. The van der Waals surface area contributed by atoms with Gasteiger partial charge in [0.05, 0.1) is 35.1 Å². The summed E-state index contributed by atoms with van der Waals surface area (Å²) in [6.45, 7) is 0. The summed E-state index contributed by atoms with van der Waals surface area (Å²) >= 11 is 0. The number of nitrogens with zero attached hydrogens (tertiary/aromatic N) is 4. The summed E-state index contributed by atoms with van der Waals surface area (Å²) in [7, 11) is 1.71. The fourth-order valence-corrected chi connectivity index (χ4v) is 3.86. The van der Waals surface area contributed by atoms with Crippen LogP contribution < -0.4 is 5.32 Å². The van der Waals surface area contributed by atoms with Gasteiger partial charge in [0.1, 0.15) is 5.82 Å². The average molecular weight is 435 g/mol. The van der Waals surface area contributed by atoms with Gasteiger partial charge in [0, 0.05) is 24.9 Å². The molecule has 9 heteroatoms. The van der Waals surface area contributed by atoms with Crippen molar-refractivity contribution in [3.05, 3.63) is 59.7 Å². The molecule has 2 heterocycles. The summed E-state index contributed by atoms with van der Waals surface area (Å²) in [5.41, 5.74) is 0.863. The highest BCUT2D eigenvalue weighted by atomic mass is 19.1. The topological polar surface area (TPSA) is 113 Å². The summed E-state index contributed by atoms with van der Waals surface area (Å²) in [5, 5.41) is 26.6. The summed E-state index contributed by atoms with van der Waals surface area (Å²) in [6.07, 6.45) is 6.55. The van der Waals surface area contributed by atoms with Crippen molar-refractivity contribution in [3.8, 4) is 28.9 Å². The van der Waals surface area contributed by atoms with Gasteiger partial charge in [0.2, 0.25) is 5.88 Å². The molecule has 2 aromatic heterocycles. The number of ether oxygens (including phenoxy) is 1. The summed E-state index contributed by atoms with van der Waals surface area (Å²) < 4.78 is 20.8. The first-order valence-corrected chi connectivity index (χ1v) is 10.3. The first-order chi connectivity index (χ1) is 15.5. The number of rotatable bonds is 5. The van der Waals surface area contributed by atoms with Crippen molar-refractivity contribution in [2.75, 3.05) is 7.11 Å². The SMILES string of the molecule is COC1CCC(NC(=O)c2ccc(-n3ncc(-c4ccc(C#N)cc4F)c3O)nc2)CC1. The molecule has 0 saturated heterocycles. The standard InChI is InChI=1S/C23H22FN5O3/c1-32-17-6-4-16(5-7-17)28-22(30)15-3-9-21(26-12-15)29-23(31)19(13-27-29)18-8-2-14(11-25)10-20(18)24/h2-3,8-10,12-13,16-17,31H,4-7H2,1H3,(H,28,30). The van der Waals surface area contributed by atoms with Crippen LogP contribution in [0.2, 0.25) is 0 Å². The second kappa shape index (κ2) is 9.16. The molecule has 1 aliphatic rings. The highest BCUT2D eigenvalue weighted by Crippen LogP contribution is 2.32. The summed E-state index contributed by atoms with van der Waals surface area (Å²) in [4.78, 5) is 16.8. The maximum absolute atomic E-state index is 14.3. The third kappa shape index (κ3) is 4.31. The van der Waals surface area contributed by atoms with Crippen molar-refractivity contribution >= 4 is 5.91 Å². The van der Waals surface area contributed by atoms with E-state index in [1.807, 2.05) is 6.07 Å². The molecule has 0 aliphatic heterocycles. The molecule has 8 nitrogen and oxygen atoms in total. The van der Waals surface area contributed by atoms with Gasteiger partial charge < -0.3 is 15.2 Å². The lowest BCUT2D eigenvalue weighted by Crippen LogP contribution is -2.38. The number of nitrogens with one attached hydrogen (secondary N) is 1. The largest absolute Gasteiger partial charge is 0.493 e. The molecule has 1 amide bonds. The Labute approximate surface area is 184 Å². The minimum Gasteiger partial charge on any atom is -0.493 e. The second-order valence-electron chi connectivity index (χ2n) is 7.69. The zero-order valence-electron chi connectivity index (χ0n) is 17.5. The Morgan fingerprint density at radius 1 is 1.22 bits per heavy atom. The van der Waals surface area contributed by atoms with E-state index in [9.17, 15) is 14.3 Å². The lowest BCUT2D eigenvalue weighted by Gasteiger charge is -2.28. The first-order valence-electron chi connectivity index (χ1n) is 10.3. The zero-order chi connectivity index (χ0) is 22.7. The number of hydrogen-bond acceptors (Lipinski definition) is 6. The number of nitriles is 1. The highest BCUT2D eigenvalue weighted by Gasteiger charge is 2.23. The van der Waals surface area contributed by atoms with E-state index in [-0.39, 0.29) is 46.4 Å². The van der Waals surface area contributed by atoms with E-state index in [2.05, 4.69) is 15.4 Å². The van der Waals surface area contributed by atoms with Crippen LogP contribution in [-0.4, -0.2) is 45.0 Å². The van der Waals surface area contributed by atoms with Crippen LogP contribution in [0.5, 0.6) is 5.88 Å². The third-order valence-corrected chi connectivity index (χ3v) is 5.70. The third-order valence-electron chi connectivity index (χ3n) is 5.70. The molecule has 164 valence electrons. The van der Waals surface area contributed by atoms with E-state index in [1.54, 1.807) is 19.2 Å². The van der Waals surface area contributed by atoms with Crippen LogP contribution in [0.4, 0.5) is 4.39 Å². The molecular formula is C23H22FN5O3. The van der Waals surface area contributed by atoms with E-state index in [0.29, 0.717) is 5.56 Å². The van der Waals surface area contributed by atoms with E-state index in [4.69, 9.17) is 10.00 Å². The van der Waals surface area contributed by atoms with Gasteiger partial charge in [-0.1, -0.05) is 0 Å². The molecule has 1 aliphatic carbocycles. The predicted molar refractivity (Wildman–Crippen MR) is 114 cm³/mol. The van der Waals surface area contributed by atoms with Gasteiger partial charge in [0.25, 0.3) is 5.91 Å². The quantitative estimate of drug-likeness (QED) is 0.636. The van der Waals surface area contributed by atoms with Crippen molar-refractivity contribution in [2.45, 2.75) is 37.8 Å². The van der Waals surface area contributed by atoms with Crippen LogP contribution in [0.3, 0.4) is 0 Å². The smallest absolute Gasteiger partial charge is 0.253 e. The Bertz CT molecular complexity index is 1160. The lowest BCUT2D eigenvalue weighted by atomic mass is 9.93. The fourth-order valence-electron chi connectivity index (χ4n) is 3.86. The van der Waals surface area contributed by atoms with Gasteiger partial charge in [-0.3, -0.25) is 4.79 Å². The Morgan fingerprint density at radius 2 is 2.00 bits per heavy atom. The Balaban J connectivity index is 1.48. The Morgan fingerprint density at radius 3 is 2.62 bits per heavy atom.